The van der Waals surface area contributed by atoms with E-state index in [1.165, 1.54) is 24.1 Å². The standard InChI is InChI=1S/C23H35N5O.HI/c1-5-24-23(26-16-21-14-22(17(2)3)27-29-21)25-15-19-6-8-20(9-7-19)28-12-10-18(4)11-13-28;/h6-9,14,17-18H,5,10-13,15-16H2,1-4H3,(H2,24,25,26);1H. The van der Waals surface area contributed by atoms with Crippen LogP contribution in [0.2, 0.25) is 0 Å². The first kappa shape index (κ1) is 24.5. The van der Waals surface area contributed by atoms with Crippen LogP contribution in [0.4, 0.5) is 5.69 Å². The molecule has 0 atom stereocenters. The summed E-state index contributed by atoms with van der Waals surface area (Å²) in [6.07, 6.45) is 2.57. The van der Waals surface area contributed by atoms with Crippen molar-refractivity contribution in [1.29, 1.82) is 0 Å². The minimum atomic E-state index is 0. The molecule has 1 aromatic carbocycles. The van der Waals surface area contributed by atoms with Crippen molar-refractivity contribution in [3.63, 3.8) is 0 Å². The number of rotatable bonds is 7. The summed E-state index contributed by atoms with van der Waals surface area (Å²) in [5.41, 5.74) is 3.51. The van der Waals surface area contributed by atoms with E-state index in [2.05, 4.69) is 72.7 Å². The highest BCUT2D eigenvalue weighted by Crippen LogP contribution is 2.23. The lowest BCUT2D eigenvalue weighted by Gasteiger charge is -2.32. The van der Waals surface area contributed by atoms with Crippen LogP contribution in [0.25, 0.3) is 0 Å². The molecule has 6 nitrogen and oxygen atoms in total. The van der Waals surface area contributed by atoms with Gasteiger partial charge in [0.25, 0.3) is 0 Å². The van der Waals surface area contributed by atoms with E-state index in [0.717, 1.165) is 43.0 Å². The smallest absolute Gasteiger partial charge is 0.191 e. The van der Waals surface area contributed by atoms with Crippen LogP contribution in [-0.2, 0) is 13.1 Å². The average molecular weight is 525 g/mol. The Kier molecular flexibility index (Phi) is 9.94. The van der Waals surface area contributed by atoms with E-state index in [1.807, 2.05) is 6.07 Å². The quantitative estimate of drug-likeness (QED) is 0.306. The first-order chi connectivity index (χ1) is 14.0. The van der Waals surface area contributed by atoms with Crippen molar-refractivity contribution in [2.45, 2.75) is 59.5 Å². The number of aliphatic imine (C=N–C) groups is 1. The van der Waals surface area contributed by atoms with E-state index in [0.29, 0.717) is 19.0 Å². The van der Waals surface area contributed by atoms with Crippen molar-refractivity contribution in [2.24, 2.45) is 10.9 Å². The maximum absolute atomic E-state index is 5.39. The van der Waals surface area contributed by atoms with E-state index in [-0.39, 0.29) is 24.0 Å². The maximum atomic E-state index is 5.39. The number of benzene rings is 1. The Morgan fingerprint density at radius 2 is 1.90 bits per heavy atom. The molecule has 2 aromatic rings. The molecule has 1 saturated heterocycles. The van der Waals surface area contributed by atoms with Gasteiger partial charge in [-0.05, 0) is 49.3 Å². The Labute approximate surface area is 197 Å². The van der Waals surface area contributed by atoms with Gasteiger partial charge in [-0.1, -0.05) is 38.1 Å². The molecule has 0 radical (unpaired) electrons. The van der Waals surface area contributed by atoms with E-state index in [1.54, 1.807) is 0 Å². The number of hydrogen-bond acceptors (Lipinski definition) is 4. The molecule has 0 spiro atoms. The van der Waals surface area contributed by atoms with E-state index >= 15 is 0 Å². The lowest BCUT2D eigenvalue weighted by molar-refractivity contribution is 0.372. The van der Waals surface area contributed by atoms with Gasteiger partial charge in [-0.25, -0.2) is 4.99 Å². The summed E-state index contributed by atoms with van der Waals surface area (Å²) in [4.78, 5) is 7.20. The first-order valence-corrected chi connectivity index (χ1v) is 10.9. The molecule has 0 unspecified atom stereocenters. The highest BCUT2D eigenvalue weighted by molar-refractivity contribution is 14.0. The summed E-state index contributed by atoms with van der Waals surface area (Å²) in [6, 6.07) is 10.8. The number of piperidine rings is 1. The molecule has 1 aromatic heterocycles. The van der Waals surface area contributed by atoms with Gasteiger partial charge >= 0.3 is 0 Å². The lowest BCUT2D eigenvalue weighted by Crippen LogP contribution is -2.36. The lowest BCUT2D eigenvalue weighted by atomic mass is 9.99. The van der Waals surface area contributed by atoms with Crippen LogP contribution in [0.1, 0.15) is 63.5 Å². The molecule has 1 fully saturated rings. The molecule has 166 valence electrons. The highest BCUT2D eigenvalue weighted by Gasteiger charge is 2.15. The molecule has 7 heteroatoms. The van der Waals surface area contributed by atoms with Crippen LogP contribution in [0, 0.1) is 5.92 Å². The van der Waals surface area contributed by atoms with Gasteiger partial charge in [0.15, 0.2) is 11.7 Å². The number of nitrogens with one attached hydrogen (secondary N) is 2. The third-order valence-corrected chi connectivity index (χ3v) is 5.45. The Bertz CT molecular complexity index is 779. The molecule has 2 heterocycles. The third kappa shape index (κ3) is 7.18. The molecular weight excluding hydrogens is 489 g/mol. The van der Waals surface area contributed by atoms with Crippen LogP contribution in [0.3, 0.4) is 0 Å². The van der Waals surface area contributed by atoms with Crippen LogP contribution in [0.5, 0.6) is 0 Å². The zero-order valence-corrected chi connectivity index (χ0v) is 21.0. The first-order valence-electron chi connectivity index (χ1n) is 10.9. The second-order valence-electron chi connectivity index (χ2n) is 8.26. The second kappa shape index (κ2) is 12.2. The molecule has 0 saturated carbocycles. The van der Waals surface area contributed by atoms with E-state index in [4.69, 9.17) is 9.52 Å². The third-order valence-electron chi connectivity index (χ3n) is 5.45. The largest absolute Gasteiger partial charge is 0.372 e. The average Bonchev–Trinajstić information content (AvgIpc) is 3.21. The van der Waals surface area contributed by atoms with Gasteiger partial charge in [-0.15, -0.1) is 24.0 Å². The minimum absolute atomic E-state index is 0. The SMILES string of the molecule is CCNC(=NCc1ccc(N2CCC(C)CC2)cc1)NCc1cc(C(C)C)no1.I. The second-order valence-corrected chi connectivity index (χ2v) is 8.26. The van der Waals surface area contributed by atoms with Gasteiger partial charge in [0, 0.05) is 31.4 Å². The van der Waals surface area contributed by atoms with E-state index in [9.17, 15) is 0 Å². The summed E-state index contributed by atoms with van der Waals surface area (Å²) in [5.74, 6) is 2.82. The summed E-state index contributed by atoms with van der Waals surface area (Å²) in [5, 5.41) is 10.7. The molecule has 30 heavy (non-hydrogen) atoms. The molecule has 0 amide bonds. The molecule has 0 aliphatic carbocycles. The normalized spacial score (nSPS) is 15.2. The molecule has 1 aliphatic heterocycles. The van der Waals surface area contributed by atoms with Crippen molar-refractivity contribution in [2.75, 3.05) is 24.5 Å². The zero-order chi connectivity index (χ0) is 20.6. The number of guanidine groups is 1. The van der Waals surface area contributed by atoms with E-state index < -0.39 is 0 Å². The Balaban J connectivity index is 0.00000320. The number of halogens is 1. The molecule has 1 aliphatic rings. The maximum Gasteiger partial charge on any atom is 0.191 e. The topological polar surface area (TPSA) is 65.7 Å². The Morgan fingerprint density at radius 1 is 1.20 bits per heavy atom. The highest BCUT2D eigenvalue weighted by atomic mass is 127. The predicted octanol–water partition coefficient (Wildman–Crippen LogP) is 4.91. The van der Waals surface area contributed by atoms with Crippen molar-refractivity contribution in [3.8, 4) is 0 Å². The summed E-state index contributed by atoms with van der Waals surface area (Å²) in [6.45, 7) is 13.0. The summed E-state index contributed by atoms with van der Waals surface area (Å²) >= 11 is 0. The van der Waals surface area contributed by atoms with Crippen molar-refractivity contribution < 1.29 is 4.52 Å². The van der Waals surface area contributed by atoms with Crippen LogP contribution in [-0.4, -0.2) is 30.8 Å². The monoisotopic (exact) mass is 525 g/mol. The zero-order valence-electron chi connectivity index (χ0n) is 18.6. The van der Waals surface area contributed by atoms with Crippen molar-refractivity contribution in [3.05, 3.63) is 47.3 Å². The Morgan fingerprint density at radius 3 is 2.50 bits per heavy atom. The fourth-order valence-corrected chi connectivity index (χ4v) is 3.45. The number of hydrogen-bond donors (Lipinski definition) is 2. The predicted molar refractivity (Wildman–Crippen MR) is 135 cm³/mol. The van der Waals surface area contributed by atoms with Gasteiger partial charge in [-0.3, -0.25) is 0 Å². The van der Waals surface area contributed by atoms with Gasteiger partial charge in [0.1, 0.15) is 0 Å². The van der Waals surface area contributed by atoms with Gasteiger partial charge in [-0.2, -0.15) is 0 Å². The minimum Gasteiger partial charge on any atom is -0.372 e. The number of aromatic nitrogens is 1. The van der Waals surface area contributed by atoms with Crippen molar-refractivity contribution in [1.82, 2.24) is 15.8 Å². The van der Waals surface area contributed by atoms with Crippen molar-refractivity contribution >= 4 is 35.6 Å². The van der Waals surface area contributed by atoms with Gasteiger partial charge < -0.3 is 20.1 Å². The van der Waals surface area contributed by atoms with Crippen LogP contribution < -0.4 is 15.5 Å². The molecule has 0 bridgehead atoms. The molecule has 3 rings (SSSR count). The summed E-state index contributed by atoms with van der Waals surface area (Å²) < 4.78 is 5.39. The molecule has 2 N–H and O–H groups in total. The molecular formula is C23H36IN5O. The van der Waals surface area contributed by atoms with Gasteiger partial charge in [0.2, 0.25) is 0 Å². The van der Waals surface area contributed by atoms with Crippen LogP contribution in [0.15, 0.2) is 39.8 Å². The number of nitrogens with zero attached hydrogens (tertiary/aromatic N) is 3. The number of anilines is 1. The summed E-state index contributed by atoms with van der Waals surface area (Å²) in [7, 11) is 0. The van der Waals surface area contributed by atoms with Crippen LogP contribution >= 0.6 is 24.0 Å². The fraction of sp³-hybridized carbons (Fsp3) is 0.565. The Hall–Kier alpha value is -1.77. The fourth-order valence-electron chi connectivity index (χ4n) is 3.45. The van der Waals surface area contributed by atoms with Gasteiger partial charge in [0.05, 0.1) is 18.8 Å².